The van der Waals surface area contributed by atoms with Gasteiger partial charge >= 0.3 is 5.97 Å². The van der Waals surface area contributed by atoms with Gasteiger partial charge in [-0.2, -0.15) is 0 Å². The van der Waals surface area contributed by atoms with Crippen LogP contribution >= 0.6 is 0 Å². The molecule has 0 aromatic rings. The van der Waals surface area contributed by atoms with E-state index in [-0.39, 0.29) is 18.1 Å². The van der Waals surface area contributed by atoms with Gasteiger partial charge in [0.25, 0.3) is 0 Å². The molecular formula is C23H38O6. The van der Waals surface area contributed by atoms with Gasteiger partial charge in [-0.05, 0) is 44.9 Å². The number of carbonyl (C=O) groups is 2. The number of rotatable bonds is 3. The summed E-state index contributed by atoms with van der Waals surface area (Å²) in [6.45, 7) is 11.6. The summed E-state index contributed by atoms with van der Waals surface area (Å²) in [4.78, 5) is 25.4. The van der Waals surface area contributed by atoms with Gasteiger partial charge in [0.1, 0.15) is 18.0 Å². The van der Waals surface area contributed by atoms with E-state index in [4.69, 9.17) is 9.47 Å². The number of carbonyl (C=O) groups excluding carboxylic acids is 2. The molecule has 0 spiro atoms. The molecule has 2 aliphatic heterocycles. The summed E-state index contributed by atoms with van der Waals surface area (Å²) in [5, 5.41) is 20.4. The minimum Gasteiger partial charge on any atom is -0.433 e. The number of aliphatic hydroxyl groups excluding tert-OH is 2. The molecule has 2 heterocycles. The Balaban J connectivity index is 2.15. The van der Waals surface area contributed by atoms with Crippen LogP contribution in [0.3, 0.4) is 0 Å². The van der Waals surface area contributed by atoms with E-state index in [1.165, 1.54) is 0 Å². The third-order valence-electron chi connectivity index (χ3n) is 6.56. The lowest BCUT2D eigenvalue weighted by Gasteiger charge is -2.30. The number of aliphatic hydroxyl groups is 2. The van der Waals surface area contributed by atoms with Crippen LogP contribution in [0.5, 0.6) is 0 Å². The smallest absolute Gasteiger partial charge is 0.308 e. The van der Waals surface area contributed by atoms with Crippen molar-refractivity contribution >= 4 is 11.8 Å². The van der Waals surface area contributed by atoms with Crippen LogP contribution in [0.15, 0.2) is 12.7 Å². The van der Waals surface area contributed by atoms with Gasteiger partial charge in [0.15, 0.2) is 0 Å². The first-order valence-corrected chi connectivity index (χ1v) is 10.9. The van der Waals surface area contributed by atoms with E-state index in [1.54, 1.807) is 0 Å². The Morgan fingerprint density at radius 1 is 1.21 bits per heavy atom. The maximum Gasteiger partial charge on any atom is 0.308 e. The van der Waals surface area contributed by atoms with Crippen LogP contribution in [0, 0.1) is 17.3 Å². The third kappa shape index (κ3) is 6.37. The highest BCUT2D eigenvalue weighted by Crippen LogP contribution is 2.44. The number of hydrogen-bond donors (Lipinski definition) is 2. The molecule has 6 unspecified atom stereocenters. The maximum absolute atomic E-state index is 13.2. The number of cyclic esters (lactones) is 1. The fourth-order valence-corrected chi connectivity index (χ4v) is 4.47. The Bertz CT molecular complexity index is 600. The van der Waals surface area contributed by atoms with Crippen LogP contribution in [0.1, 0.15) is 79.1 Å². The molecule has 0 amide bonds. The summed E-state index contributed by atoms with van der Waals surface area (Å²) in [6, 6.07) is 0. The molecule has 2 saturated heterocycles. The molecule has 6 heteroatoms. The standard InChI is InChI=1S/C23H38O6/c1-6-7-10-16-14-15(2)9-8-12-23(5)20(29-23)18(25)21(27)28-17(24)11-13-22(3,4)19(16)26/h6,15-16,18,20-21,25,27H,1,7-14H2,2-5H3. The molecule has 166 valence electrons. The molecule has 0 saturated carbocycles. The van der Waals surface area contributed by atoms with Crippen LogP contribution in [0.4, 0.5) is 0 Å². The molecule has 2 fully saturated rings. The van der Waals surface area contributed by atoms with Gasteiger partial charge in [0.2, 0.25) is 6.29 Å². The summed E-state index contributed by atoms with van der Waals surface area (Å²) in [5.74, 6) is -0.124. The predicted octanol–water partition coefficient (Wildman–Crippen LogP) is 3.53. The van der Waals surface area contributed by atoms with Crippen molar-refractivity contribution in [2.75, 3.05) is 0 Å². The Morgan fingerprint density at radius 3 is 2.55 bits per heavy atom. The van der Waals surface area contributed by atoms with Crippen LogP contribution < -0.4 is 0 Å². The van der Waals surface area contributed by atoms with Crippen molar-refractivity contribution in [2.24, 2.45) is 17.3 Å². The topological polar surface area (TPSA) is 96.4 Å². The molecule has 2 N–H and O–H groups in total. The monoisotopic (exact) mass is 410 g/mol. The quantitative estimate of drug-likeness (QED) is 0.420. The van der Waals surface area contributed by atoms with E-state index in [1.807, 2.05) is 26.8 Å². The second kappa shape index (κ2) is 9.71. The molecule has 0 aromatic carbocycles. The van der Waals surface area contributed by atoms with Gasteiger partial charge in [0, 0.05) is 17.8 Å². The highest BCUT2D eigenvalue weighted by molar-refractivity contribution is 5.86. The number of ether oxygens (including phenoxy) is 2. The first kappa shape index (κ1) is 24.0. The highest BCUT2D eigenvalue weighted by atomic mass is 16.7. The van der Waals surface area contributed by atoms with E-state index >= 15 is 0 Å². The van der Waals surface area contributed by atoms with Gasteiger partial charge in [-0.25, -0.2) is 0 Å². The number of allylic oxidation sites excluding steroid dienone is 1. The molecule has 6 atom stereocenters. The van der Waals surface area contributed by atoms with Gasteiger partial charge < -0.3 is 19.7 Å². The first-order chi connectivity index (χ1) is 13.5. The normalized spacial score (nSPS) is 39.3. The summed E-state index contributed by atoms with van der Waals surface area (Å²) in [7, 11) is 0. The maximum atomic E-state index is 13.2. The number of ketones is 1. The van der Waals surface area contributed by atoms with Crippen LogP contribution in [-0.4, -0.2) is 46.1 Å². The van der Waals surface area contributed by atoms with Crippen LogP contribution in [-0.2, 0) is 19.1 Å². The van der Waals surface area contributed by atoms with Crippen molar-refractivity contribution in [3.8, 4) is 0 Å². The zero-order valence-corrected chi connectivity index (χ0v) is 18.4. The SMILES string of the molecule is C=CCCC1CC(C)CCCC2(C)OC2C(O)C(O)OC(=O)CCC(C)(C)C1=O. The Kier molecular flexibility index (Phi) is 8.05. The number of hydrogen-bond acceptors (Lipinski definition) is 6. The minimum atomic E-state index is -1.62. The molecule has 2 rings (SSSR count). The molecule has 2 aliphatic rings. The summed E-state index contributed by atoms with van der Waals surface area (Å²) in [6.07, 6.45) is 3.77. The lowest BCUT2D eigenvalue weighted by molar-refractivity contribution is -0.189. The fraction of sp³-hybridized carbons (Fsp3) is 0.826. The number of Topliss-reactive ketones (excluding diaryl/α,β-unsaturated/α-hetero) is 1. The van der Waals surface area contributed by atoms with Crippen molar-refractivity contribution in [1.29, 1.82) is 0 Å². The van der Waals surface area contributed by atoms with Crippen molar-refractivity contribution in [2.45, 2.75) is 103 Å². The van der Waals surface area contributed by atoms with E-state index in [2.05, 4.69) is 13.5 Å². The van der Waals surface area contributed by atoms with E-state index in [0.717, 1.165) is 38.5 Å². The van der Waals surface area contributed by atoms with Crippen LogP contribution in [0.25, 0.3) is 0 Å². The van der Waals surface area contributed by atoms with Gasteiger partial charge in [-0.15, -0.1) is 6.58 Å². The summed E-state index contributed by atoms with van der Waals surface area (Å²) >= 11 is 0. The van der Waals surface area contributed by atoms with E-state index in [0.29, 0.717) is 12.3 Å². The van der Waals surface area contributed by atoms with Crippen molar-refractivity contribution in [3.63, 3.8) is 0 Å². The largest absolute Gasteiger partial charge is 0.433 e. The molecule has 6 nitrogen and oxygen atoms in total. The second-order valence-corrected chi connectivity index (χ2v) is 9.77. The lowest BCUT2D eigenvalue weighted by atomic mass is 9.73. The molecular weight excluding hydrogens is 372 g/mol. The van der Waals surface area contributed by atoms with E-state index in [9.17, 15) is 19.8 Å². The first-order valence-electron chi connectivity index (χ1n) is 10.9. The van der Waals surface area contributed by atoms with Gasteiger partial charge in [0.05, 0.1) is 5.60 Å². The van der Waals surface area contributed by atoms with Gasteiger partial charge in [-0.3, -0.25) is 9.59 Å². The molecule has 29 heavy (non-hydrogen) atoms. The third-order valence-corrected chi connectivity index (χ3v) is 6.56. The fourth-order valence-electron chi connectivity index (χ4n) is 4.47. The van der Waals surface area contributed by atoms with Gasteiger partial charge in [-0.1, -0.05) is 39.7 Å². The average Bonchev–Trinajstić information content (AvgIpc) is 3.32. The number of esters is 1. The summed E-state index contributed by atoms with van der Waals surface area (Å²) < 4.78 is 10.6. The minimum absolute atomic E-state index is 0.00897. The predicted molar refractivity (Wildman–Crippen MR) is 110 cm³/mol. The number of fused-ring (bicyclic) bond motifs is 1. The van der Waals surface area contributed by atoms with Crippen molar-refractivity contribution in [3.05, 3.63) is 12.7 Å². The van der Waals surface area contributed by atoms with Crippen molar-refractivity contribution < 1.29 is 29.3 Å². The Hall–Kier alpha value is -1.24. The molecule has 0 radical (unpaired) electrons. The molecule has 0 aromatic heterocycles. The van der Waals surface area contributed by atoms with E-state index < -0.39 is 35.5 Å². The Labute approximate surface area is 174 Å². The molecule has 0 bridgehead atoms. The summed E-state index contributed by atoms with van der Waals surface area (Å²) in [5.41, 5.74) is -1.17. The second-order valence-electron chi connectivity index (χ2n) is 9.77. The van der Waals surface area contributed by atoms with Crippen molar-refractivity contribution in [1.82, 2.24) is 0 Å². The average molecular weight is 411 g/mol. The zero-order chi connectivity index (χ0) is 21.8. The lowest BCUT2D eigenvalue weighted by Crippen LogP contribution is -2.38. The highest BCUT2D eigenvalue weighted by Gasteiger charge is 2.57. The molecule has 0 aliphatic carbocycles. The number of epoxide rings is 1. The Morgan fingerprint density at radius 2 is 1.90 bits per heavy atom. The van der Waals surface area contributed by atoms with Crippen LogP contribution in [0.2, 0.25) is 0 Å². The zero-order valence-electron chi connectivity index (χ0n) is 18.4.